The van der Waals surface area contributed by atoms with E-state index in [1.165, 1.54) is 0 Å². The summed E-state index contributed by atoms with van der Waals surface area (Å²) in [6.07, 6.45) is 1.61. The quantitative estimate of drug-likeness (QED) is 0.780. The van der Waals surface area contributed by atoms with Gasteiger partial charge in [-0.05, 0) is 0 Å². The molecule has 0 bridgehead atoms. The predicted octanol–water partition coefficient (Wildman–Crippen LogP) is 1.02. The van der Waals surface area contributed by atoms with E-state index in [1.54, 1.807) is 6.33 Å². The Hall–Kier alpha value is -1.36. The van der Waals surface area contributed by atoms with Gasteiger partial charge in [-0.1, -0.05) is 6.92 Å². The zero-order valence-corrected chi connectivity index (χ0v) is 11.0. The van der Waals surface area contributed by atoms with Crippen LogP contribution in [0.3, 0.4) is 0 Å². The number of hydrogen-bond acceptors (Lipinski definition) is 5. The van der Waals surface area contributed by atoms with Gasteiger partial charge in [0.15, 0.2) is 0 Å². The van der Waals surface area contributed by atoms with Crippen molar-refractivity contribution in [3.8, 4) is 0 Å². The van der Waals surface area contributed by atoms with Crippen LogP contribution in [0, 0.1) is 5.41 Å². The van der Waals surface area contributed by atoms with Crippen LogP contribution in [-0.2, 0) is 4.74 Å². The van der Waals surface area contributed by atoms with Gasteiger partial charge in [0.1, 0.15) is 18.0 Å². The lowest BCUT2D eigenvalue weighted by molar-refractivity contribution is -0.0952. The number of nitrogens with zero attached hydrogens (tertiary/aromatic N) is 4. The van der Waals surface area contributed by atoms with E-state index >= 15 is 0 Å². The topological polar surface area (TPSA) is 41.5 Å². The molecule has 0 spiro atoms. The molecular weight excluding hydrogens is 216 g/mol. The highest BCUT2D eigenvalue weighted by Crippen LogP contribution is 2.28. The second-order valence-electron chi connectivity index (χ2n) is 5.29. The van der Waals surface area contributed by atoms with E-state index < -0.39 is 0 Å². The molecular formula is C12H20N4O. The van der Waals surface area contributed by atoms with E-state index in [1.807, 2.05) is 25.1 Å². The standard InChI is InChI=1S/C12H20N4O/c1-12(7-17-8-12)6-16(4)11-5-10(15(2)3)13-9-14-11/h5,9H,6-8H2,1-4H3. The molecule has 1 fully saturated rings. The molecule has 0 saturated carbocycles. The average molecular weight is 236 g/mol. The molecule has 0 amide bonds. The number of aromatic nitrogens is 2. The summed E-state index contributed by atoms with van der Waals surface area (Å²) < 4.78 is 5.27. The first-order valence-corrected chi connectivity index (χ1v) is 5.78. The lowest BCUT2D eigenvalue weighted by atomic mass is 9.88. The summed E-state index contributed by atoms with van der Waals surface area (Å²) in [5, 5.41) is 0. The van der Waals surface area contributed by atoms with Gasteiger partial charge < -0.3 is 14.5 Å². The van der Waals surface area contributed by atoms with E-state index in [2.05, 4.69) is 28.8 Å². The third-order valence-corrected chi connectivity index (χ3v) is 3.01. The largest absolute Gasteiger partial charge is 0.380 e. The van der Waals surface area contributed by atoms with Crippen molar-refractivity contribution in [1.82, 2.24) is 9.97 Å². The fraction of sp³-hybridized carbons (Fsp3) is 0.667. The highest BCUT2D eigenvalue weighted by Gasteiger charge is 2.34. The van der Waals surface area contributed by atoms with E-state index in [4.69, 9.17) is 4.74 Å². The average Bonchev–Trinajstić information content (AvgIpc) is 2.27. The summed E-state index contributed by atoms with van der Waals surface area (Å²) in [6, 6.07) is 2.00. The monoisotopic (exact) mass is 236 g/mol. The van der Waals surface area contributed by atoms with Crippen LogP contribution in [0.4, 0.5) is 11.6 Å². The van der Waals surface area contributed by atoms with E-state index in [0.29, 0.717) is 0 Å². The maximum Gasteiger partial charge on any atom is 0.133 e. The highest BCUT2D eigenvalue weighted by atomic mass is 16.5. The molecule has 0 aromatic carbocycles. The second-order valence-corrected chi connectivity index (χ2v) is 5.29. The van der Waals surface area contributed by atoms with Crippen molar-refractivity contribution in [3.63, 3.8) is 0 Å². The van der Waals surface area contributed by atoms with Crippen LogP contribution in [-0.4, -0.2) is 50.9 Å². The number of anilines is 2. The zero-order chi connectivity index (χ0) is 12.5. The summed E-state index contributed by atoms with van der Waals surface area (Å²) in [5.74, 6) is 1.88. The smallest absolute Gasteiger partial charge is 0.133 e. The predicted molar refractivity (Wildman–Crippen MR) is 68.6 cm³/mol. The van der Waals surface area contributed by atoms with Gasteiger partial charge in [0.2, 0.25) is 0 Å². The van der Waals surface area contributed by atoms with Crippen LogP contribution in [0.2, 0.25) is 0 Å². The lowest BCUT2D eigenvalue weighted by Gasteiger charge is -2.41. The van der Waals surface area contributed by atoms with Crippen molar-refractivity contribution < 1.29 is 4.74 Å². The minimum absolute atomic E-state index is 0.262. The van der Waals surface area contributed by atoms with Crippen molar-refractivity contribution in [2.75, 3.05) is 50.7 Å². The molecule has 17 heavy (non-hydrogen) atoms. The van der Waals surface area contributed by atoms with Crippen molar-refractivity contribution in [3.05, 3.63) is 12.4 Å². The van der Waals surface area contributed by atoms with E-state index in [9.17, 15) is 0 Å². The van der Waals surface area contributed by atoms with E-state index in [0.717, 1.165) is 31.4 Å². The maximum absolute atomic E-state index is 5.27. The van der Waals surface area contributed by atoms with Gasteiger partial charge in [-0.15, -0.1) is 0 Å². The molecule has 0 N–H and O–H groups in total. The molecule has 94 valence electrons. The Morgan fingerprint density at radius 2 is 1.88 bits per heavy atom. The molecule has 2 heterocycles. The van der Waals surface area contributed by atoms with Crippen LogP contribution in [0.1, 0.15) is 6.92 Å². The van der Waals surface area contributed by atoms with Crippen molar-refractivity contribution in [2.45, 2.75) is 6.92 Å². The van der Waals surface area contributed by atoms with Crippen molar-refractivity contribution >= 4 is 11.6 Å². The van der Waals surface area contributed by atoms with Gasteiger partial charge in [-0.2, -0.15) is 0 Å². The van der Waals surface area contributed by atoms with Gasteiger partial charge in [0.25, 0.3) is 0 Å². The first kappa shape index (κ1) is 12.1. The van der Waals surface area contributed by atoms with Crippen molar-refractivity contribution in [1.29, 1.82) is 0 Å². The summed E-state index contributed by atoms with van der Waals surface area (Å²) in [4.78, 5) is 12.7. The molecule has 2 rings (SSSR count). The SMILES string of the molecule is CN(C)c1cc(N(C)CC2(C)COC2)ncn1. The molecule has 5 nitrogen and oxygen atoms in total. The molecule has 1 aromatic rings. The second kappa shape index (κ2) is 4.49. The Kier molecular flexibility index (Phi) is 3.19. The molecule has 1 aliphatic rings. The molecule has 0 aliphatic carbocycles. The van der Waals surface area contributed by atoms with Gasteiger partial charge in [0.05, 0.1) is 13.2 Å². The molecule has 1 aromatic heterocycles. The summed E-state index contributed by atoms with van der Waals surface area (Å²) in [5.41, 5.74) is 0.262. The number of hydrogen-bond donors (Lipinski definition) is 0. The fourth-order valence-electron chi connectivity index (χ4n) is 1.99. The molecule has 0 radical (unpaired) electrons. The Morgan fingerprint density at radius 3 is 2.41 bits per heavy atom. The van der Waals surface area contributed by atoms with Crippen LogP contribution < -0.4 is 9.80 Å². The molecule has 0 unspecified atom stereocenters. The Morgan fingerprint density at radius 1 is 1.24 bits per heavy atom. The Balaban J connectivity index is 2.08. The minimum atomic E-state index is 0.262. The van der Waals surface area contributed by atoms with Crippen LogP contribution in [0.15, 0.2) is 12.4 Å². The zero-order valence-electron chi connectivity index (χ0n) is 11.0. The Bertz CT molecular complexity index is 390. The van der Waals surface area contributed by atoms with Crippen LogP contribution >= 0.6 is 0 Å². The van der Waals surface area contributed by atoms with Gasteiger partial charge in [-0.3, -0.25) is 0 Å². The lowest BCUT2D eigenvalue weighted by Crippen LogP contribution is -2.48. The fourth-order valence-corrected chi connectivity index (χ4v) is 1.99. The first-order valence-electron chi connectivity index (χ1n) is 5.78. The number of ether oxygens (including phenoxy) is 1. The summed E-state index contributed by atoms with van der Waals surface area (Å²) >= 11 is 0. The van der Waals surface area contributed by atoms with Gasteiger partial charge in [-0.25, -0.2) is 9.97 Å². The maximum atomic E-state index is 5.27. The van der Waals surface area contributed by atoms with Crippen LogP contribution in [0.25, 0.3) is 0 Å². The molecule has 5 heteroatoms. The highest BCUT2D eigenvalue weighted by molar-refractivity contribution is 5.48. The normalized spacial score (nSPS) is 17.4. The minimum Gasteiger partial charge on any atom is -0.380 e. The van der Waals surface area contributed by atoms with Crippen molar-refractivity contribution in [2.24, 2.45) is 5.41 Å². The third-order valence-electron chi connectivity index (χ3n) is 3.01. The number of rotatable bonds is 4. The Labute approximate surface area is 102 Å². The van der Waals surface area contributed by atoms with Crippen LogP contribution in [0.5, 0.6) is 0 Å². The molecule has 0 atom stereocenters. The van der Waals surface area contributed by atoms with Gasteiger partial charge in [0, 0.05) is 39.2 Å². The molecule has 1 aliphatic heterocycles. The van der Waals surface area contributed by atoms with Gasteiger partial charge >= 0.3 is 0 Å². The third kappa shape index (κ3) is 2.66. The summed E-state index contributed by atoms with van der Waals surface area (Å²) in [7, 11) is 6.02. The molecule has 1 saturated heterocycles. The summed E-state index contributed by atoms with van der Waals surface area (Å²) in [6.45, 7) is 4.86. The first-order chi connectivity index (χ1) is 8.00. The van der Waals surface area contributed by atoms with E-state index in [-0.39, 0.29) is 5.41 Å².